The largest absolute Gasteiger partial charge is 0.493 e. The molecule has 1 aliphatic heterocycles. The van der Waals surface area contributed by atoms with Crippen molar-refractivity contribution in [2.45, 2.75) is 19.8 Å². The molecule has 1 fully saturated rings. The summed E-state index contributed by atoms with van der Waals surface area (Å²) in [5, 5.41) is 7.73. The Morgan fingerprint density at radius 1 is 0.980 bits per heavy atom. The molecule has 0 spiro atoms. The lowest BCUT2D eigenvalue weighted by atomic mass is 10.1. The highest BCUT2D eigenvalue weighted by Gasteiger charge is 2.18. The Balaban J connectivity index is 1.16. The molecule has 2 aromatic heterocycles. The first kappa shape index (κ1) is 33.6. The molecule has 1 aliphatic rings. The molecule has 49 heavy (non-hydrogen) atoms. The van der Waals surface area contributed by atoms with Gasteiger partial charge in [0.2, 0.25) is 0 Å². The number of methoxy groups -OCH3 is 1. The third-order valence-corrected chi connectivity index (χ3v) is 8.23. The molecule has 1 amide bonds. The van der Waals surface area contributed by atoms with Crippen LogP contribution in [-0.4, -0.2) is 78.7 Å². The molecule has 11 nitrogen and oxygen atoms in total. The van der Waals surface area contributed by atoms with Gasteiger partial charge in [0.25, 0.3) is 11.5 Å². The van der Waals surface area contributed by atoms with Crippen LogP contribution in [0.1, 0.15) is 28.0 Å². The van der Waals surface area contributed by atoms with Crippen LogP contribution in [0.5, 0.6) is 23.0 Å². The van der Waals surface area contributed by atoms with Crippen LogP contribution in [0.4, 0.5) is 4.39 Å². The Kier molecular flexibility index (Phi) is 10.8. The molecule has 5 aromatic rings. The van der Waals surface area contributed by atoms with Crippen molar-refractivity contribution in [2.75, 3.05) is 53.1 Å². The van der Waals surface area contributed by atoms with Gasteiger partial charge in [0.15, 0.2) is 28.8 Å². The number of morpholine rings is 1. The predicted octanol–water partition coefficient (Wildman–Crippen LogP) is 5.10. The Morgan fingerprint density at radius 3 is 2.57 bits per heavy atom. The lowest BCUT2D eigenvalue weighted by molar-refractivity contribution is 0.0357. The molecule has 3 heterocycles. The van der Waals surface area contributed by atoms with E-state index in [1.165, 1.54) is 18.2 Å². The Labute approximate surface area is 283 Å². The standard InChI is InChI=1S/C37H38FN5O6/c1-25-21-35(44)43(41-36(25)37(45)40-13-11-26-7-4-3-5-8-26)27-9-10-32(29(38)22-27)49-31-12-14-39-30-24-34(33(46-2)23-28(30)31)48-18-6-15-42-16-19-47-20-17-42/h3-5,7-10,12,14,21-24H,6,11,13,15-20H2,1-2H3,(H,40,45). The number of aryl methyl sites for hydroxylation is 1. The summed E-state index contributed by atoms with van der Waals surface area (Å²) in [6.45, 7) is 6.81. The fourth-order valence-corrected chi connectivity index (χ4v) is 5.61. The summed E-state index contributed by atoms with van der Waals surface area (Å²) in [4.78, 5) is 32.6. The van der Waals surface area contributed by atoms with Gasteiger partial charge in [-0.05, 0) is 55.2 Å². The second-order valence-corrected chi connectivity index (χ2v) is 11.6. The van der Waals surface area contributed by atoms with Gasteiger partial charge in [-0.25, -0.2) is 4.39 Å². The molecular weight excluding hydrogens is 629 g/mol. The quantitative estimate of drug-likeness (QED) is 0.171. The van der Waals surface area contributed by atoms with Gasteiger partial charge in [0.1, 0.15) is 5.75 Å². The topological polar surface area (TPSA) is 117 Å². The van der Waals surface area contributed by atoms with Gasteiger partial charge in [-0.3, -0.25) is 19.5 Å². The molecule has 0 bridgehead atoms. The smallest absolute Gasteiger partial charge is 0.272 e. The highest BCUT2D eigenvalue weighted by atomic mass is 19.1. The Morgan fingerprint density at radius 2 is 1.80 bits per heavy atom. The van der Waals surface area contributed by atoms with Crippen molar-refractivity contribution < 1.29 is 28.1 Å². The van der Waals surface area contributed by atoms with Crippen LogP contribution < -0.4 is 25.1 Å². The number of halogens is 1. The van der Waals surface area contributed by atoms with Crippen molar-refractivity contribution in [3.8, 4) is 28.7 Å². The average molecular weight is 668 g/mol. The van der Waals surface area contributed by atoms with Gasteiger partial charge < -0.3 is 24.3 Å². The first-order chi connectivity index (χ1) is 23.9. The lowest BCUT2D eigenvalue weighted by Gasteiger charge is -2.26. The number of carbonyl (C=O) groups excluding carboxylic acids is 1. The first-order valence-electron chi connectivity index (χ1n) is 16.2. The van der Waals surface area contributed by atoms with Crippen LogP contribution in [0.3, 0.4) is 0 Å². The molecule has 0 unspecified atom stereocenters. The number of nitrogens with zero attached hydrogens (tertiary/aromatic N) is 4. The summed E-state index contributed by atoms with van der Waals surface area (Å²) >= 11 is 0. The lowest BCUT2D eigenvalue weighted by Crippen LogP contribution is -2.37. The van der Waals surface area contributed by atoms with Crippen molar-refractivity contribution in [3.05, 3.63) is 112 Å². The SMILES string of the molecule is COc1cc2c(Oc3ccc(-n4nc(C(=O)NCCc5ccccc5)c(C)cc4=O)cc3F)ccnc2cc1OCCCN1CCOCC1. The number of carbonyl (C=O) groups is 1. The monoisotopic (exact) mass is 667 g/mol. The molecule has 254 valence electrons. The van der Waals surface area contributed by atoms with Crippen LogP contribution in [0.15, 0.2) is 83.8 Å². The molecule has 1 saturated heterocycles. The van der Waals surface area contributed by atoms with E-state index in [1.54, 1.807) is 38.4 Å². The molecule has 12 heteroatoms. The summed E-state index contributed by atoms with van der Waals surface area (Å²) in [7, 11) is 1.55. The van der Waals surface area contributed by atoms with Gasteiger partial charge in [-0.1, -0.05) is 30.3 Å². The van der Waals surface area contributed by atoms with E-state index in [1.807, 2.05) is 30.3 Å². The number of fused-ring (bicyclic) bond motifs is 1. The van der Waals surface area contributed by atoms with Crippen LogP contribution in [0.25, 0.3) is 16.6 Å². The fraction of sp³-hybridized carbons (Fsp3) is 0.297. The van der Waals surface area contributed by atoms with Crippen LogP contribution in [0.2, 0.25) is 0 Å². The van der Waals surface area contributed by atoms with Crippen molar-refractivity contribution in [2.24, 2.45) is 0 Å². The molecular formula is C37H38FN5O6. The minimum Gasteiger partial charge on any atom is -0.493 e. The second-order valence-electron chi connectivity index (χ2n) is 11.6. The molecule has 0 radical (unpaired) electrons. The minimum atomic E-state index is -0.724. The average Bonchev–Trinajstić information content (AvgIpc) is 3.11. The summed E-state index contributed by atoms with van der Waals surface area (Å²) < 4.78 is 39.6. The van der Waals surface area contributed by atoms with Crippen molar-refractivity contribution in [3.63, 3.8) is 0 Å². The molecule has 0 atom stereocenters. The third-order valence-electron chi connectivity index (χ3n) is 8.23. The number of hydrogen-bond acceptors (Lipinski definition) is 9. The van der Waals surface area contributed by atoms with Gasteiger partial charge in [0, 0.05) is 56.0 Å². The highest BCUT2D eigenvalue weighted by Crippen LogP contribution is 2.37. The Bertz CT molecular complexity index is 1980. The number of ether oxygens (including phenoxy) is 4. The van der Waals surface area contributed by atoms with Gasteiger partial charge in [0.05, 0.1) is 38.1 Å². The normalized spacial score (nSPS) is 13.3. The van der Waals surface area contributed by atoms with Crippen LogP contribution in [-0.2, 0) is 11.2 Å². The maximum Gasteiger partial charge on any atom is 0.272 e. The van der Waals surface area contributed by atoms with E-state index in [4.69, 9.17) is 18.9 Å². The summed E-state index contributed by atoms with van der Waals surface area (Å²) in [6, 6.07) is 20.3. The number of pyridine rings is 1. The van der Waals surface area contributed by atoms with Crippen molar-refractivity contribution >= 4 is 16.8 Å². The van der Waals surface area contributed by atoms with Crippen molar-refractivity contribution in [1.29, 1.82) is 0 Å². The van der Waals surface area contributed by atoms with Gasteiger partial charge in [-0.15, -0.1) is 0 Å². The molecule has 6 rings (SSSR count). The molecule has 3 aromatic carbocycles. The number of amides is 1. The van der Waals surface area contributed by atoms with E-state index in [0.29, 0.717) is 53.3 Å². The second kappa shape index (κ2) is 15.7. The van der Waals surface area contributed by atoms with E-state index < -0.39 is 17.3 Å². The Hall–Kier alpha value is -5.33. The fourth-order valence-electron chi connectivity index (χ4n) is 5.61. The number of benzene rings is 3. The summed E-state index contributed by atoms with van der Waals surface area (Å²) in [6.07, 6.45) is 3.06. The van der Waals surface area contributed by atoms with Gasteiger partial charge in [-0.2, -0.15) is 9.78 Å². The summed E-state index contributed by atoms with van der Waals surface area (Å²) in [5.41, 5.74) is 1.80. The zero-order valence-electron chi connectivity index (χ0n) is 27.5. The van der Waals surface area contributed by atoms with E-state index in [0.717, 1.165) is 55.6 Å². The molecule has 0 aliphatic carbocycles. The zero-order chi connectivity index (χ0) is 34.2. The summed E-state index contributed by atoms with van der Waals surface area (Å²) in [5.74, 6) is 0.184. The van der Waals surface area contributed by atoms with E-state index >= 15 is 4.39 Å². The number of hydrogen-bond donors (Lipinski definition) is 1. The predicted molar refractivity (Wildman–Crippen MR) is 183 cm³/mol. The minimum absolute atomic E-state index is 0.0716. The number of nitrogens with one attached hydrogen (secondary N) is 1. The molecule has 0 saturated carbocycles. The van der Waals surface area contributed by atoms with Gasteiger partial charge >= 0.3 is 0 Å². The van der Waals surface area contributed by atoms with E-state index in [9.17, 15) is 9.59 Å². The van der Waals surface area contributed by atoms with E-state index in [-0.39, 0.29) is 17.1 Å². The number of rotatable bonds is 13. The maximum absolute atomic E-state index is 15.5. The van der Waals surface area contributed by atoms with Crippen LogP contribution in [0, 0.1) is 12.7 Å². The van der Waals surface area contributed by atoms with Crippen LogP contribution >= 0.6 is 0 Å². The van der Waals surface area contributed by atoms with E-state index in [2.05, 4.69) is 20.3 Å². The number of aromatic nitrogens is 3. The first-order valence-corrected chi connectivity index (χ1v) is 16.2. The third kappa shape index (κ3) is 8.22. The van der Waals surface area contributed by atoms with Crippen molar-refractivity contribution in [1.82, 2.24) is 25.0 Å². The maximum atomic E-state index is 15.5. The molecule has 1 N–H and O–H groups in total. The zero-order valence-corrected chi connectivity index (χ0v) is 27.5. The highest BCUT2D eigenvalue weighted by molar-refractivity contribution is 5.93.